The number of pyridine rings is 1. The van der Waals surface area contributed by atoms with Gasteiger partial charge < -0.3 is 9.26 Å². The van der Waals surface area contributed by atoms with Gasteiger partial charge in [-0.1, -0.05) is 16.8 Å². The van der Waals surface area contributed by atoms with Gasteiger partial charge >= 0.3 is 12.1 Å². The fourth-order valence-electron chi connectivity index (χ4n) is 1.64. The molecule has 0 aromatic carbocycles. The summed E-state index contributed by atoms with van der Waals surface area (Å²) in [5.74, 6) is -1.34. The molecule has 0 radical (unpaired) electrons. The summed E-state index contributed by atoms with van der Waals surface area (Å²) in [7, 11) is 0. The van der Waals surface area contributed by atoms with Crippen LogP contribution in [0.1, 0.15) is 11.6 Å². The molecule has 11 heteroatoms. The number of nitrogens with zero attached hydrogens (tertiary/aromatic N) is 5. The second kappa shape index (κ2) is 6.40. The van der Waals surface area contributed by atoms with Crippen molar-refractivity contribution in [1.29, 1.82) is 0 Å². The molecule has 3 aromatic rings. The highest BCUT2D eigenvalue weighted by Crippen LogP contribution is 2.29. The van der Waals surface area contributed by atoms with E-state index in [1.165, 1.54) is 24.7 Å². The number of halogens is 4. The number of aromatic nitrogens is 5. The van der Waals surface area contributed by atoms with Gasteiger partial charge in [-0.3, -0.25) is 4.98 Å². The third kappa shape index (κ3) is 3.77. The van der Waals surface area contributed by atoms with Crippen molar-refractivity contribution in [2.24, 2.45) is 0 Å². The quantitative estimate of drug-likeness (QED) is 0.663. The second-order valence-corrected chi connectivity index (χ2v) is 4.81. The maximum atomic E-state index is 12.4. The first-order valence-electron chi connectivity index (χ1n) is 6.38. The topological polar surface area (TPSA) is 86.8 Å². The van der Waals surface area contributed by atoms with Gasteiger partial charge in [0.1, 0.15) is 18.1 Å². The third-order valence-electron chi connectivity index (χ3n) is 2.73. The molecule has 0 N–H and O–H groups in total. The molecule has 0 aliphatic rings. The molecule has 0 saturated heterocycles. The maximum absolute atomic E-state index is 12.4. The first-order chi connectivity index (χ1) is 11.4. The zero-order valence-corrected chi connectivity index (χ0v) is 12.4. The largest absolute Gasteiger partial charge is 0.471 e. The average Bonchev–Trinajstić information content (AvgIpc) is 3.04. The van der Waals surface area contributed by atoms with Crippen molar-refractivity contribution >= 4 is 11.6 Å². The predicted octanol–water partition coefficient (Wildman–Crippen LogP) is 3.17. The number of alkyl halides is 3. The Morgan fingerprint density at radius 3 is 2.62 bits per heavy atom. The highest BCUT2D eigenvalue weighted by Gasteiger charge is 2.38. The van der Waals surface area contributed by atoms with Crippen LogP contribution in [0.4, 0.5) is 13.2 Å². The fourth-order valence-corrected chi connectivity index (χ4v) is 1.78. The lowest BCUT2D eigenvalue weighted by atomic mass is 10.2. The molecule has 0 amide bonds. The molecular formula is C13H7ClF3N5O2. The molecule has 3 aromatic heterocycles. The monoisotopic (exact) mass is 357 g/mol. The van der Waals surface area contributed by atoms with Crippen LogP contribution in [0, 0.1) is 0 Å². The van der Waals surface area contributed by atoms with Crippen LogP contribution < -0.4 is 4.74 Å². The summed E-state index contributed by atoms with van der Waals surface area (Å²) in [5.41, 5.74) is 0.802. The van der Waals surface area contributed by atoms with Gasteiger partial charge in [-0.15, -0.1) is 0 Å². The molecule has 7 nitrogen and oxygen atoms in total. The maximum Gasteiger partial charge on any atom is 0.471 e. The van der Waals surface area contributed by atoms with Crippen LogP contribution in [0.25, 0.3) is 11.4 Å². The van der Waals surface area contributed by atoms with Crippen molar-refractivity contribution in [1.82, 2.24) is 25.1 Å². The molecule has 0 aliphatic heterocycles. The van der Waals surface area contributed by atoms with Crippen molar-refractivity contribution in [3.8, 4) is 17.3 Å². The van der Waals surface area contributed by atoms with Crippen LogP contribution in [-0.4, -0.2) is 25.1 Å². The van der Waals surface area contributed by atoms with Gasteiger partial charge in [0.15, 0.2) is 0 Å². The smallest absolute Gasteiger partial charge is 0.471 e. The number of rotatable bonds is 4. The van der Waals surface area contributed by atoms with Gasteiger partial charge in [-0.05, 0) is 12.1 Å². The Kier molecular flexibility index (Phi) is 4.30. The first-order valence-corrected chi connectivity index (χ1v) is 6.76. The van der Waals surface area contributed by atoms with E-state index in [9.17, 15) is 13.2 Å². The lowest BCUT2D eigenvalue weighted by molar-refractivity contribution is -0.159. The minimum absolute atomic E-state index is 0.0909. The van der Waals surface area contributed by atoms with Crippen molar-refractivity contribution in [2.45, 2.75) is 12.8 Å². The Morgan fingerprint density at radius 2 is 2.00 bits per heavy atom. The predicted molar refractivity (Wildman–Crippen MR) is 73.9 cm³/mol. The molecule has 0 bridgehead atoms. The van der Waals surface area contributed by atoms with E-state index in [0.717, 1.165) is 0 Å². The molecule has 0 spiro atoms. The van der Waals surface area contributed by atoms with Crippen LogP contribution in [-0.2, 0) is 12.8 Å². The normalized spacial score (nSPS) is 11.5. The van der Waals surface area contributed by atoms with Crippen molar-refractivity contribution < 1.29 is 22.4 Å². The Morgan fingerprint density at radius 1 is 1.17 bits per heavy atom. The summed E-state index contributed by atoms with van der Waals surface area (Å²) < 4.78 is 46.8. The Balaban J connectivity index is 1.68. The van der Waals surface area contributed by atoms with Crippen LogP contribution in [0.3, 0.4) is 0 Å². The lowest BCUT2D eigenvalue weighted by Gasteiger charge is -2.04. The van der Waals surface area contributed by atoms with Gasteiger partial charge in [-0.25, -0.2) is 9.97 Å². The van der Waals surface area contributed by atoms with E-state index in [-0.39, 0.29) is 29.0 Å². The molecule has 24 heavy (non-hydrogen) atoms. The van der Waals surface area contributed by atoms with Crippen molar-refractivity contribution in [2.75, 3.05) is 0 Å². The van der Waals surface area contributed by atoms with E-state index in [0.29, 0.717) is 5.69 Å². The van der Waals surface area contributed by atoms with Crippen LogP contribution in [0.5, 0.6) is 5.88 Å². The highest BCUT2D eigenvalue weighted by atomic mass is 35.5. The summed E-state index contributed by atoms with van der Waals surface area (Å²) in [6.45, 7) is 0.0909. The van der Waals surface area contributed by atoms with E-state index < -0.39 is 12.1 Å². The Labute approximate surface area is 137 Å². The summed E-state index contributed by atoms with van der Waals surface area (Å²) in [6, 6.07) is 4.50. The molecular weight excluding hydrogens is 351 g/mol. The van der Waals surface area contributed by atoms with Gasteiger partial charge in [-0.2, -0.15) is 18.2 Å². The molecule has 0 aliphatic carbocycles. The summed E-state index contributed by atoms with van der Waals surface area (Å²) in [4.78, 5) is 14.9. The number of hydrogen-bond donors (Lipinski definition) is 0. The molecule has 3 rings (SSSR count). The summed E-state index contributed by atoms with van der Waals surface area (Å²) in [5, 5.41) is 3.51. The van der Waals surface area contributed by atoms with Gasteiger partial charge in [0.2, 0.25) is 11.7 Å². The summed E-state index contributed by atoms with van der Waals surface area (Å²) >= 11 is 5.70. The van der Waals surface area contributed by atoms with Crippen LogP contribution >= 0.6 is 11.6 Å². The van der Waals surface area contributed by atoms with Gasteiger partial charge in [0, 0.05) is 17.8 Å². The average molecular weight is 358 g/mol. The van der Waals surface area contributed by atoms with E-state index in [1.54, 1.807) is 6.07 Å². The van der Waals surface area contributed by atoms with Crippen molar-refractivity contribution in [3.63, 3.8) is 0 Å². The molecule has 0 atom stereocenters. The SMILES string of the molecule is FC(F)(F)c1nc(-c2ccc(COc3cc(Cl)ncn3)nc2)no1. The minimum Gasteiger partial charge on any atom is -0.471 e. The first kappa shape index (κ1) is 16.1. The number of hydrogen-bond acceptors (Lipinski definition) is 7. The molecule has 0 unspecified atom stereocenters. The van der Waals surface area contributed by atoms with Gasteiger partial charge in [0.05, 0.1) is 5.69 Å². The second-order valence-electron chi connectivity index (χ2n) is 4.43. The Bertz CT molecular complexity index is 838. The van der Waals surface area contributed by atoms with Crippen LogP contribution in [0.15, 0.2) is 35.2 Å². The number of ether oxygens (including phenoxy) is 1. The standard InChI is InChI=1S/C13H7ClF3N5O2/c14-9-3-10(20-6-19-9)23-5-8-2-1-7(4-18-8)11-21-12(24-22-11)13(15,16)17/h1-4,6H,5H2. The van der Waals surface area contributed by atoms with E-state index in [1.807, 2.05) is 0 Å². The van der Waals surface area contributed by atoms with E-state index in [2.05, 4.69) is 29.6 Å². The van der Waals surface area contributed by atoms with E-state index >= 15 is 0 Å². The Hall–Kier alpha value is -2.75. The molecule has 0 fully saturated rings. The molecule has 124 valence electrons. The summed E-state index contributed by atoms with van der Waals surface area (Å²) in [6.07, 6.45) is -2.12. The zero-order chi connectivity index (χ0) is 17.2. The van der Waals surface area contributed by atoms with Crippen molar-refractivity contribution in [3.05, 3.63) is 47.5 Å². The highest BCUT2D eigenvalue weighted by molar-refractivity contribution is 6.29. The molecule has 3 heterocycles. The lowest BCUT2D eigenvalue weighted by Crippen LogP contribution is -2.04. The minimum atomic E-state index is -4.69. The fraction of sp³-hybridized carbons (Fsp3) is 0.154. The molecule has 0 saturated carbocycles. The zero-order valence-electron chi connectivity index (χ0n) is 11.7. The van der Waals surface area contributed by atoms with Gasteiger partial charge in [0.25, 0.3) is 0 Å². The van der Waals surface area contributed by atoms with E-state index in [4.69, 9.17) is 16.3 Å². The van der Waals surface area contributed by atoms with Crippen LogP contribution in [0.2, 0.25) is 5.15 Å². The third-order valence-corrected chi connectivity index (χ3v) is 2.93.